The summed E-state index contributed by atoms with van der Waals surface area (Å²) in [6.07, 6.45) is 1.70. The lowest BCUT2D eigenvalue weighted by molar-refractivity contribution is 0.297. The Morgan fingerprint density at radius 1 is 1.36 bits per heavy atom. The summed E-state index contributed by atoms with van der Waals surface area (Å²) in [5.41, 5.74) is 1.98. The Hall–Kier alpha value is -1.40. The number of aromatic nitrogens is 1. The third-order valence-electron chi connectivity index (χ3n) is 4.32. The lowest BCUT2D eigenvalue weighted by Gasteiger charge is -2.17. The number of hydrogen-bond acceptors (Lipinski definition) is 3. The zero-order chi connectivity index (χ0) is 15.7. The van der Waals surface area contributed by atoms with E-state index >= 15 is 0 Å². The van der Waals surface area contributed by atoms with Gasteiger partial charge in [0, 0.05) is 23.1 Å². The Morgan fingerprint density at radius 3 is 2.91 bits per heavy atom. The van der Waals surface area contributed by atoms with Crippen molar-refractivity contribution in [3.63, 3.8) is 0 Å². The molecule has 1 aliphatic heterocycles. The summed E-state index contributed by atoms with van der Waals surface area (Å²) in [5.74, 6) is 0.750. The van der Waals surface area contributed by atoms with Gasteiger partial charge in [-0.25, -0.2) is 12.8 Å². The van der Waals surface area contributed by atoms with Crippen molar-refractivity contribution < 1.29 is 12.8 Å². The maximum atomic E-state index is 13.2. The van der Waals surface area contributed by atoms with Gasteiger partial charge in [0.25, 0.3) is 0 Å². The van der Waals surface area contributed by atoms with E-state index < -0.39 is 9.84 Å². The number of rotatable bonds is 5. The molecule has 22 heavy (non-hydrogen) atoms. The molecule has 1 aliphatic rings. The molecule has 0 spiro atoms. The van der Waals surface area contributed by atoms with Crippen molar-refractivity contribution in [2.24, 2.45) is 5.92 Å². The van der Waals surface area contributed by atoms with Gasteiger partial charge in [-0.2, -0.15) is 0 Å². The first-order valence-electron chi connectivity index (χ1n) is 7.57. The number of nitrogens with one attached hydrogen (secondary N) is 1. The van der Waals surface area contributed by atoms with Gasteiger partial charge in [-0.3, -0.25) is 0 Å². The Kier molecular flexibility index (Phi) is 4.23. The number of nitrogens with zero attached hydrogens (tertiary/aromatic N) is 1. The highest BCUT2D eigenvalue weighted by molar-refractivity contribution is 7.91. The van der Waals surface area contributed by atoms with Crippen LogP contribution in [0.4, 0.5) is 4.39 Å². The van der Waals surface area contributed by atoms with E-state index in [1.807, 2.05) is 13.1 Å². The lowest BCUT2D eigenvalue weighted by Crippen LogP contribution is -2.22. The SMILES string of the molecule is CN(CCC1CCS(=O)(=O)C1)Cc1cc2cc(F)ccc2[nH]1. The second-order valence-electron chi connectivity index (χ2n) is 6.32. The van der Waals surface area contributed by atoms with E-state index in [0.717, 1.165) is 42.5 Å². The zero-order valence-electron chi connectivity index (χ0n) is 12.7. The summed E-state index contributed by atoms with van der Waals surface area (Å²) in [6, 6.07) is 6.69. The van der Waals surface area contributed by atoms with Crippen LogP contribution >= 0.6 is 0 Å². The van der Waals surface area contributed by atoms with E-state index in [0.29, 0.717) is 17.4 Å². The van der Waals surface area contributed by atoms with Crippen molar-refractivity contribution in [2.45, 2.75) is 19.4 Å². The van der Waals surface area contributed by atoms with Crippen molar-refractivity contribution in [1.29, 1.82) is 0 Å². The van der Waals surface area contributed by atoms with E-state index in [4.69, 9.17) is 0 Å². The largest absolute Gasteiger partial charge is 0.357 e. The molecule has 1 atom stereocenters. The minimum atomic E-state index is -2.78. The van der Waals surface area contributed by atoms with E-state index in [1.165, 1.54) is 12.1 Å². The van der Waals surface area contributed by atoms with Crippen molar-refractivity contribution in [3.05, 3.63) is 35.8 Å². The van der Waals surface area contributed by atoms with Crippen LogP contribution in [-0.4, -0.2) is 43.4 Å². The van der Waals surface area contributed by atoms with Crippen molar-refractivity contribution >= 4 is 20.7 Å². The van der Waals surface area contributed by atoms with Crippen LogP contribution in [0.2, 0.25) is 0 Å². The molecular weight excluding hydrogens is 303 g/mol. The molecule has 2 heterocycles. The Morgan fingerprint density at radius 2 is 2.18 bits per heavy atom. The van der Waals surface area contributed by atoms with Crippen molar-refractivity contribution in [1.82, 2.24) is 9.88 Å². The van der Waals surface area contributed by atoms with Gasteiger partial charge in [0.05, 0.1) is 11.5 Å². The average molecular weight is 324 g/mol. The van der Waals surface area contributed by atoms with Crippen LogP contribution in [0.5, 0.6) is 0 Å². The molecule has 3 rings (SSSR count). The van der Waals surface area contributed by atoms with Crippen LogP contribution in [0, 0.1) is 11.7 Å². The minimum Gasteiger partial charge on any atom is -0.357 e. The molecule has 0 bridgehead atoms. The van der Waals surface area contributed by atoms with Crippen molar-refractivity contribution in [3.8, 4) is 0 Å². The molecular formula is C16H21FN2O2S. The van der Waals surface area contributed by atoms with Gasteiger partial charge in [0.2, 0.25) is 0 Å². The fourth-order valence-corrected chi connectivity index (χ4v) is 5.03. The van der Waals surface area contributed by atoms with E-state index in [1.54, 1.807) is 6.07 Å². The predicted octanol–water partition coefficient (Wildman–Crippen LogP) is 2.56. The quantitative estimate of drug-likeness (QED) is 0.920. The van der Waals surface area contributed by atoms with Crippen molar-refractivity contribution in [2.75, 3.05) is 25.1 Å². The van der Waals surface area contributed by atoms with Crippen LogP contribution in [0.15, 0.2) is 24.3 Å². The van der Waals surface area contributed by atoms with E-state index in [-0.39, 0.29) is 5.82 Å². The van der Waals surface area contributed by atoms with Gasteiger partial charge in [-0.15, -0.1) is 0 Å². The fourth-order valence-electron chi connectivity index (χ4n) is 3.12. The number of H-pyrrole nitrogens is 1. The summed E-state index contributed by atoms with van der Waals surface area (Å²) >= 11 is 0. The topological polar surface area (TPSA) is 53.2 Å². The number of halogens is 1. The summed E-state index contributed by atoms with van der Waals surface area (Å²) in [6.45, 7) is 1.61. The molecule has 4 nitrogen and oxygen atoms in total. The average Bonchev–Trinajstić information content (AvgIpc) is 2.98. The van der Waals surface area contributed by atoms with Gasteiger partial charge >= 0.3 is 0 Å². The smallest absolute Gasteiger partial charge is 0.150 e. The number of fused-ring (bicyclic) bond motifs is 1. The number of hydrogen-bond donors (Lipinski definition) is 1. The normalized spacial score (nSPS) is 21.0. The van der Waals surface area contributed by atoms with Crippen LogP contribution < -0.4 is 0 Å². The maximum absolute atomic E-state index is 13.2. The second-order valence-corrected chi connectivity index (χ2v) is 8.55. The summed E-state index contributed by atoms with van der Waals surface area (Å²) < 4.78 is 36.1. The summed E-state index contributed by atoms with van der Waals surface area (Å²) in [7, 11) is -0.761. The highest BCUT2D eigenvalue weighted by Gasteiger charge is 2.27. The zero-order valence-corrected chi connectivity index (χ0v) is 13.5. The molecule has 0 aliphatic carbocycles. The van der Waals surface area contributed by atoms with Crippen LogP contribution in [-0.2, 0) is 16.4 Å². The predicted molar refractivity (Wildman–Crippen MR) is 86.0 cm³/mol. The number of aromatic amines is 1. The highest BCUT2D eigenvalue weighted by Crippen LogP contribution is 2.22. The Balaban J connectivity index is 1.55. The molecule has 1 aromatic heterocycles. The van der Waals surface area contributed by atoms with E-state index in [9.17, 15) is 12.8 Å². The second kappa shape index (κ2) is 6.01. The molecule has 120 valence electrons. The molecule has 2 aromatic rings. The maximum Gasteiger partial charge on any atom is 0.150 e. The third-order valence-corrected chi connectivity index (χ3v) is 6.16. The van der Waals surface area contributed by atoms with Crippen LogP contribution in [0.3, 0.4) is 0 Å². The van der Waals surface area contributed by atoms with Crippen LogP contribution in [0.1, 0.15) is 18.5 Å². The number of benzene rings is 1. The van der Waals surface area contributed by atoms with Gasteiger partial charge in [-0.1, -0.05) is 0 Å². The lowest BCUT2D eigenvalue weighted by atomic mass is 10.1. The summed E-state index contributed by atoms with van der Waals surface area (Å²) in [5, 5.41) is 0.880. The molecule has 1 saturated heterocycles. The van der Waals surface area contributed by atoms with Gasteiger partial charge in [0.15, 0.2) is 9.84 Å². The molecule has 1 fully saturated rings. The first-order chi connectivity index (χ1) is 10.4. The first kappa shape index (κ1) is 15.5. The van der Waals surface area contributed by atoms with Gasteiger partial charge < -0.3 is 9.88 Å². The molecule has 1 unspecified atom stereocenters. The van der Waals surface area contributed by atoms with Gasteiger partial charge in [0.1, 0.15) is 5.82 Å². The van der Waals surface area contributed by atoms with E-state index in [2.05, 4.69) is 9.88 Å². The molecule has 1 aromatic carbocycles. The molecule has 1 N–H and O–H groups in total. The number of sulfone groups is 1. The molecule has 0 saturated carbocycles. The minimum absolute atomic E-state index is 0.228. The van der Waals surface area contributed by atoms with Gasteiger partial charge in [-0.05, 0) is 56.6 Å². The summed E-state index contributed by atoms with van der Waals surface area (Å²) in [4.78, 5) is 5.46. The first-order valence-corrected chi connectivity index (χ1v) is 9.39. The fraction of sp³-hybridized carbons (Fsp3) is 0.500. The standard InChI is InChI=1S/C16H21FN2O2S/c1-19(6-4-12-5-7-22(20,21)11-12)10-15-9-13-8-14(17)2-3-16(13)18-15/h2-3,8-9,12,18H,4-7,10-11H2,1H3. The Labute approximate surface area is 130 Å². The highest BCUT2D eigenvalue weighted by atomic mass is 32.2. The van der Waals surface area contributed by atoms with Crippen LogP contribution in [0.25, 0.3) is 10.9 Å². The monoisotopic (exact) mass is 324 g/mol. The molecule has 6 heteroatoms. The molecule has 0 radical (unpaired) electrons. The Bertz CT molecular complexity index is 770. The molecule has 0 amide bonds. The third kappa shape index (κ3) is 3.67.